The average molecular weight is 194 g/mol. The van der Waals surface area contributed by atoms with E-state index in [1.807, 2.05) is 0 Å². The predicted octanol–water partition coefficient (Wildman–Crippen LogP) is 3.33. The largest absolute Gasteiger partial charge is 0.298 e. The van der Waals surface area contributed by atoms with Gasteiger partial charge in [-0.1, -0.05) is 20.8 Å². The topological polar surface area (TPSA) is 23.9 Å². The SMILES string of the molecule is CC(C)(C)C1CCC(=N)S1.Cl. The summed E-state index contributed by atoms with van der Waals surface area (Å²) in [6.45, 7) is 6.76. The molecule has 3 heteroatoms. The molecule has 1 rings (SSSR count). The Morgan fingerprint density at radius 3 is 2.18 bits per heavy atom. The van der Waals surface area contributed by atoms with E-state index >= 15 is 0 Å². The van der Waals surface area contributed by atoms with Crippen LogP contribution in [0.25, 0.3) is 0 Å². The Hall–Kier alpha value is 0.310. The number of rotatable bonds is 0. The molecule has 0 aromatic carbocycles. The third-order valence-corrected chi connectivity index (χ3v) is 3.60. The molecule has 66 valence electrons. The molecule has 1 atom stereocenters. The number of thioether (sulfide) groups is 1. The van der Waals surface area contributed by atoms with Crippen LogP contribution in [0.4, 0.5) is 0 Å². The molecule has 0 aliphatic carbocycles. The van der Waals surface area contributed by atoms with E-state index in [1.165, 1.54) is 6.42 Å². The highest BCUT2D eigenvalue weighted by Gasteiger charge is 2.30. The normalized spacial score (nSPS) is 25.0. The van der Waals surface area contributed by atoms with Crippen LogP contribution in [0.5, 0.6) is 0 Å². The molecule has 1 fully saturated rings. The fourth-order valence-corrected chi connectivity index (χ4v) is 2.33. The van der Waals surface area contributed by atoms with E-state index in [0.717, 1.165) is 11.5 Å². The van der Waals surface area contributed by atoms with E-state index < -0.39 is 0 Å². The van der Waals surface area contributed by atoms with Crippen LogP contribution in [0, 0.1) is 10.8 Å². The number of hydrogen-bond acceptors (Lipinski definition) is 2. The molecule has 0 radical (unpaired) electrons. The highest BCUT2D eigenvalue weighted by Crippen LogP contribution is 2.39. The van der Waals surface area contributed by atoms with Gasteiger partial charge in [-0.05, 0) is 18.3 Å². The van der Waals surface area contributed by atoms with Crippen molar-refractivity contribution in [2.75, 3.05) is 0 Å². The highest BCUT2D eigenvalue weighted by atomic mass is 35.5. The lowest BCUT2D eigenvalue weighted by Crippen LogP contribution is -2.19. The summed E-state index contributed by atoms with van der Waals surface area (Å²) >= 11 is 1.76. The summed E-state index contributed by atoms with van der Waals surface area (Å²) in [5.41, 5.74) is 0.382. The lowest BCUT2D eigenvalue weighted by Gasteiger charge is -2.24. The van der Waals surface area contributed by atoms with Gasteiger partial charge in [-0.25, -0.2) is 0 Å². The molecule has 0 saturated carbocycles. The summed E-state index contributed by atoms with van der Waals surface area (Å²) < 4.78 is 0. The standard InChI is InChI=1S/C8H15NS.ClH/c1-8(2,3)6-4-5-7(9)10-6;/h6,9H,4-5H2,1-3H3;1H. The van der Waals surface area contributed by atoms with Gasteiger partial charge in [0.15, 0.2) is 0 Å². The van der Waals surface area contributed by atoms with E-state index in [1.54, 1.807) is 11.8 Å². The van der Waals surface area contributed by atoms with Gasteiger partial charge in [0.2, 0.25) is 0 Å². The summed E-state index contributed by atoms with van der Waals surface area (Å²) in [6.07, 6.45) is 2.21. The van der Waals surface area contributed by atoms with E-state index in [-0.39, 0.29) is 12.4 Å². The number of hydrogen-bond donors (Lipinski definition) is 1. The van der Waals surface area contributed by atoms with Crippen molar-refractivity contribution in [1.29, 1.82) is 5.41 Å². The molecular formula is C8H16ClNS. The van der Waals surface area contributed by atoms with Gasteiger partial charge in [0.1, 0.15) is 0 Å². The van der Waals surface area contributed by atoms with Crippen LogP contribution >= 0.6 is 24.2 Å². The molecule has 0 aromatic heterocycles. The summed E-state index contributed by atoms with van der Waals surface area (Å²) in [7, 11) is 0. The molecule has 1 aliphatic rings. The van der Waals surface area contributed by atoms with Crippen LogP contribution in [0.3, 0.4) is 0 Å². The average Bonchev–Trinajstić information content (AvgIpc) is 2.11. The van der Waals surface area contributed by atoms with Gasteiger partial charge in [-0.15, -0.1) is 24.2 Å². The molecule has 1 heterocycles. The maximum absolute atomic E-state index is 7.42. The Labute approximate surface area is 79.2 Å². The molecule has 1 unspecified atom stereocenters. The van der Waals surface area contributed by atoms with Crippen molar-refractivity contribution in [3.05, 3.63) is 0 Å². The Balaban J connectivity index is 0.000001000. The second-order valence-electron chi connectivity index (χ2n) is 3.93. The molecule has 0 amide bonds. The summed E-state index contributed by atoms with van der Waals surface area (Å²) in [6, 6.07) is 0. The molecule has 0 spiro atoms. The second kappa shape index (κ2) is 3.81. The van der Waals surface area contributed by atoms with Gasteiger partial charge < -0.3 is 0 Å². The Kier molecular flexibility index (Phi) is 3.92. The first-order valence-electron chi connectivity index (χ1n) is 3.74. The minimum Gasteiger partial charge on any atom is -0.298 e. The van der Waals surface area contributed by atoms with Gasteiger partial charge in [-0.2, -0.15) is 0 Å². The van der Waals surface area contributed by atoms with Crippen molar-refractivity contribution in [2.45, 2.75) is 38.9 Å². The van der Waals surface area contributed by atoms with E-state index in [4.69, 9.17) is 5.41 Å². The molecule has 1 saturated heterocycles. The predicted molar refractivity (Wildman–Crippen MR) is 55.0 cm³/mol. The first-order valence-corrected chi connectivity index (χ1v) is 4.62. The Morgan fingerprint density at radius 2 is 2.00 bits per heavy atom. The van der Waals surface area contributed by atoms with Crippen LogP contribution in [-0.4, -0.2) is 10.3 Å². The zero-order valence-electron chi connectivity index (χ0n) is 7.31. The first kappa shape index (κ1) is 11.3. The fraction of sp³-hybridized carbons (Fsp3) is 0.875. The van der Waals surface area contributed by atoms with Crippen LogP contribution in [0.2, 0.25) is 0 Å². The first-order chi connectivity index (χ1) is 4.50. The Morgan fingerprint density at radius 1 is 1.45 bits per heavy atom. The maximum atomic E-state index is 7.42. The van der Waals surface area contributed by atoms with Gasteiger partial charge in [0, 0.05) is 5.25 Å². The zero-order chi connectivity index (χ0) is 7.78. The van der Waals surface area contributed by atoms with Gasteiger partial charge >= 0.3 is 0 Å². The van der Waals surface area contributed by atoms with E-state index in [9.17, 15) is 0 Å². The van der Waals surface area contributed by atoms with Gasteiger partial charge in [0.25, 0.3) is 0 Å². The zero-order valence-corrected chi connectivity index (χ0v) is 8.94. The fourth-order valence-electron chi connectivity index (χ4n) is 1.16. The van der Waals surface area contributed by atoms with Crippen molar-refractivity contribution < 1.29 is 0 Å². The quantitative estimate of drug-likeness (QED) is 0.627. The van der Waals surface area contributed by atoms with E-state index in [2.05, 4.69) is 20.8 Å². The summed E-state index contributed by atoms with van der Waals surface area (Å²) in [5.74, 6) is 0. The molecule has 0 aromatic rings. The second-order valence-corrected chi connectivity index (χ2v) is 5.23. The van der Waals surface area contributed by atoms with Crippen molar-refractivity contribution in [1.82, 2.24) is 0 Å². The Bertz CT molecular complexity index is 151. The van der Waals surface area contributed by atoms with Crippen LogP contribution in [-0.2, 0) is 0 Å². The third-order valence-electron chi connectivity index (χ3n) is 1.88. The molecule has 1 N–H and O–H groups in total. The number of halogens is 1. The van der Waals surface area contributed by atoms with E-state index in [0.29, 0.717) is 10.7 Å². The summed E-state index contributed by atoms with van der Waals surface area (Å²) in [5, 5.41) is 8.98. The summed E-state index contributed by atoms with van der Waals surface area (Å²) in [4.78, 5) is 0. The minimum absolute atomic E-state index is 0. The van der Waals surface area contributed by atoms with Crippen LogP contribution < -0.4 is 0 Å². The van der Waals surface area contributed by atoms with Crippen molar-refractivity contribution in [3.63, 3.8) is 0 Å². The lowest BCUT2D eigenvalue weighted by molar-refractivity contribution is 0.388. The molecule has 11 heavy (non-hydrogen) atoms. The van der Waals surface area contributed by atoms with Gasteiger partial charge in [-0.3, -0.25) is 5.41 Å². The smallest absolute Gasteiger partial charge is 0.0644 e. The lowest BCUT2D eigenvalue weighted by atomic mass is 9.89. The van der Waals surface area contributed by atoms with Crippen molar-refractivity contribution >= 4 is 29.2 Å². The van der Waals surface area contributed by atoms with Crippen molar-refractivity contribution in [2.24, 2.45) is 5.41 Å². The monoisotopic (exact) mass is 193 g/mol. The maximum Gasteiger partial charge on any atom is 0.0644 e. The molecule has 0 bridgehead atoms. The van der Waals surface area contributed by atoms with Gasteiger partial charge in [0.05, 0.1) is 5.04 Å². The number of nitrogens with one attached hydrogen (secondary N) is 1. The molecule has 1 nitrogen and oxygen atoms in total. The van der Waals surface area contributed by atoms with Crippen LogP contribution in [0.15, 0.2) is 0 Å². The molecular weight excluding hydrogens is 178 g/mol. The third kappa shape index (κ3) is 3.04. The highest BCUT2D eigenvalue weighted by molar-refractivity contribution is 8.14. The van der Waals surface area contributed by atoms with Crippen LogP contribution in [0.1, 0.15) is 33.6 Å². The minimum atomic E-state index is 0. The molecule has 1 aliphatic heterocycles. The van der Waals surface area contributed by atoms with Crippen molar-refractivity contribution in [3.8, 4) is 0 Å².